The van der Waals surface area contributed by atoms with Gasteiger partial charge in [-0.15, -0.1) is 11.3 Å². The summed E-state index contributed by atoms with van der Waals surface area (Å²) in [5.41, 5.74) is 0. The van der Waals surface area contributed by atoms with Crippen molar-refractivity contribution in [2.24, 2.45) is 0 Å². The molecule has 0 saturated carbocycles. The number of hydrogen-bond acceptors (Lipinski definition) is 4. The molecule has 110 valence electrons. The number of quaternary nitrogens is 1. The maximum absolute atomic E-state index is 9.74. The van der Waals surface area contributed by atoms with Gasteiger partial charge < -0.3 is 19.9 Å². The Kier molecular flexibility index (Phi) is 9.03. The van der Waals surface area contributed by atoms with E-state index in [4.69, 9.17) is 9.47 Å². The summed E-state index contributed by atoms with van der Waals surface area (Å²) >= 11 is 1.68. The number of aliphatic hydroxyl groups is 1. The van der Waals surface area contributed by atoms with E-state index >= 15 is 0 Å². The van der Waals surface area contributed by atoms with Gasteiger partial charge in [0.05, 0.1) is 32.5 Å². The number of hydrogen-bond donors (Lipinski definition) is 2. The zero-order chi connectivity index (χ0) is 13.9. The molecular weight excluding hydrogens is 262 g/mol. The molecule has 0 radical (unpaired) electrons. The smallest absolute Gasteiger partial charge is 0.126 e. The van der Waals surface area contributed by atoms with E-state index in [9.17, 15) is 5.11 Å². The first-order valence-corrected chi connectivity index (χ1v) is 7.78. The normalized spacial score (nSPS) is 13.1. The molecule has 1 atom stereocenters. The molecule has 4 nitrogen and oxygen atoms in total. The monoisotopic (exact) mass is 288 g/mol. The van der Waals surface area contributed by atoms with Gasteiger partial charge in [-0.05, 0) is 25.3 Å². The maximum Gasteiger partial charge on any atom is 0.126 e. The van der Waals surface area contributed by atoms with Crippen molar-refractivity contribution in [3.05, 3.63) is 22.4 Å². The van der Waals surface area contributed by atoms with Crippen molar-refractivity contribution in [2.75, 3.05) is 26.3 Å². The van der Waals surface area contributed by atoms with E-state index in [0.717, 1.165) is 19.6 Å². The van der Waals surface area contributed by atoms with Gasteiger partial charge in [-0.1, -0.05) is 6.07 Å². The zero-order valence-electron chi connectivity index (χ0n) is 11.9. The highest BCUT2D eigenvalue weighted by Crippen LogP contribution is 2.09. The van der Waals surface area contributed by atoms with Gasteiger partial charge in [0.2, 0.25) is 0 Å². The van der Waals surface area contributed by atoms with E-state index in [-0.39, 0.29) is 0 Å². The largest absolute Gasteiger partial charge is 0.385 e. The molecule has 1 rings (SSSR count). The van der Waals surface area contributed by atoms with Crippen LogP contribution in [0.4, 0.5) is 0 Å². The summed E-state index contributed by atoms with van der Waals surface area (Å²) in [5.74, 6) is 0. The molecule has 0 unspecified atom stereocenters. The molecule has 1 heterocycles. The maximum atomic E-state index is 9.74. The quantitative estimate of drug-likeness (QED) is 0.597. The Morgan fingerprint density at radius 2 is 2.26 bits per heavy atom. The second kappa shape index (κ2) is 10.3. The molecule has 1 aromatic rings. The second-order valence-electron chi connectivity index (χ2n) is 4.83. The summed E-state index contributed by atoms with van der Waals surface area (Å²) in [6.07, 6.45) is 0.920. The number of nitrogens with two attached hydrogens (primary N) is 1. The van der Waals surface area contributed by atoms with Crippen LogP contribution >= 0.6 is 11.3 Å². The fourth-order valence-electron chi connectivity index (χ4n) is 1.62. The van der Waals surface area contributed by atoms with Crippen molar-refractivity contribution in [1.29, 1.82) is 0 Å². The first-order chi connectivity index (χ1) is 9.18. The van der Waals surface area contributed by atoms with Gasteiger partial charge in [-0.2, -0.15) is 0 Å². The Morgan fingerprint density at radius 1 is 1.42 bits per heavy atom. The zero-order valence-corrected chi connectivity index (χ0v) is 12.7. The predicted molar refractivity (Wildman–Crippen MR) is 77.3 cm³/mol. The summed E-state index contributed by atoms with van der Waals surface area (Å²) in [6, 6.07) is 4.05. The summed E-state index contributed by atoms with van der Waals surface area (Å²) in [7, 11) is 0. The van der Waals surface area contributed by atoms with Crippen LogP contribution in [0.25, 0.3) is 0 Å². The van der Waals surface area contributed by atoms with Crippen molar-refractivity contribution in [3.63, 3.8) is 0 Å². The Balaban J connectivity index is 1.89. The van der Waals surface area contributed by atoms with E-state index in [1.54, 1.807) is 11.3 Å². The number of thiophene rings is 1. The summed E-state index contributed by atoms with van der Waals surface area (Å²) < 4.78 is 10.9. The first-order valence-electron chi connectivity index (χ1n) is 6.90. The molecule has 0 aliphatic heterocycles. The van der Waals surface area contributed by atoms with Crippen molar-refractivity contribution in [3.8, 4) is 0 Å². The summed E-state index contributed by atoms with van der Waals surface area (Å²) in [6.45, 7) is 7.53. The third kappa shape index (κ3) is 9.13. The minimum absolute atomic E-state index is 0.302. The lowest BCUT2D eigenvalue weighted by molar-refractivity contribution is -0.661. The van der Waals surface area contributed by atoms with E-state index in [2.05, 4.69) is 5.32 Å². The third-order valence-corrected chi connectivity index (χ3v) is 3.43. The van der Waals surface area contributed by atoms with Gasteiger partial charge in [0.1, 0.15) is 12.6 Å². The molecule has 1 aromatic heterocycles. The van der Waals surface area contributed by atoms with Crippen LogP contribution in [0.2, 0.25) is 0 Å². The third-order valence-electron chi connectivity index (χ3n) is 2.58. The molecule has 0 aromatic carbocycles. The fourth-order valence-corrected chi connectivity index (χ4v) is 2.26. The second-order valence-corrected chi connectivity index (χ2v) is 5.87. The Hall–Kier alpha value is -0.460. The summed E-state index contributed by atoms with van der Waals surface area (Å²) in [5, 5.41) is 13.9. The van der Waals surface area contributed by atoms with E-state index in [0.29, 0.717) is 25.9 Å². The van der Waals surface area contributed by atoms with Crippen LogP contribution in [0.15, 0.2) is 17.5 Å². The molecule has 0 fully saturated rings. The first kappa shape index (κ1) is 16.6. The number of aliphatic hydroxyl groups excluding tert-OH is 1. The van der Waals surface area contributed by atoms with E-state index in [1.807, 2.05) is 31.4 Å². The minimum atomic E-state index is -0.397. The Labute approximate surface area is 119 Å². The van der Waals surface area contributed by atoms with Crippen LogP contribution in [0.5, 0.6) is 0 Å². The van der Waals surface area contributed by atoms with Crippen molar-refractivity contribution < 1.29 is 19.9 Å². The van der Waals surface area contributed by atoms with Crippen LogP contribution < -0.4 is 5.32 Å². The molecule has 0 amide bonds. The number of ether oxygens (including phenoxy) is 2. The molecule has 19 heavy (non-hydrogen) atoms. The van der Waals surface area contributed by atoms with Crippen molar-refractivity contribution in [2.45, 2.75) is 39.1 Å². The molecule has 0 bridgehead atoms. The van der Waals surface area contributed by atoms with E-state index in [1.165, 1.54) is 4.88 Å². The van der Waals surface area contributed by atoms with Gasteiger partial charge >= 0.3 is 0 Å². The molecule has 0 saturated heterocycles. The SMILES string of the molecule is CC(C)OCCC[NH2+]C[C@H](O)COCc1cccs1. The molecular formula is C14H26NO3S+. The van der Waals surface area contributed by atoms with Crippen molar-refractivity contribution >= 4 is 11.3 Å². The lowest BCUT2D eigenvalue weighted by Crippen LogP contribution is -2.86. The lowest BCUT2D eigenvalue weighted by Gasteiger charge is -2.10. The van der Waals surface area contributed by atoms with Gasteiger partial charge in [0.15, 0.2) is 0 Å². The predicted octanol–water partition coefficient (Wildman–Crippen LogP) is 1.00. The number of rotatable bonds is 11. The Morgan fingerprint density at radius 3 is 2.95 bits per heavy atom. The van der Waals surface area contributed by atoms with Gasteiger partial charge in [-0.3, -0.25) is 0 Å². The molecule has 5 heteroatoms. The fraction of sp³-hybridized carbons (Fsp3) is 0.714. The average Bonchev–Trinajstić information content (AvgIpc) is 2.86. The van der Waals surface area contributed by atoms with Crippen LogP contribution in [0, 0.1) is 0 Å². The standard InChI is InChI=1S/C14H25NO3S/c1-12(2)18-7-4-6-15-9-13(16)10-17-11-14-5-3-8-19-14/h3,5,8,12-13,15-16H,4,6-7,9-11H2,1-2H3/p+1/t13-/m0/s1. The van der Waals surface area contributed by atoms with Gasteiger partial charge in [0, 0.05) is 11.3 Å². The molecule has 0 aliphatic rings. The minimum Gasteiger partial charge on any atom is -0.385 e. The highest BCUT2D eigenvalue weighted by atomic mass is 32.1. The topological polar surface area (TPSA) is 55.3 Å². The van der Waals surface area contributed by atoms with Crippen LogP contribution in [-0.4, -0.2) is 43.6 Å². The van der Waals surface area contributed by atoms with Crippen molar-refractivity contribution in [1.82, 2.24) is 0 Å². The van der Waals surface area contributed by atoms with E-state index < -0.39 is 6.10 Å². The van der Waals surface area contributed by atoms with Gasteiger partial charge in [0.25, 0.3) is 0 Å². The lowest BCUT2D eigenvalue weighted by atomic mass is 10.3. The molecule has 0 aliphatic carbocycles. The highest BCUT2D eigenvalue weighted by Gasteiger charge is 2.06. The summed E-state index contributed by atoms with van der Waals surface area (Å²) in [4.78, 5) is 1.20. The highest BCUT2D eigenvalue weighted by molar-refractivity contribution is 7.09. The molecule has 0 spiro atoms. The van der Waals surface area contributed by atoms with Crippen LogP contribution in [0.1, 0.15) is 25.1 Å². The average molecular weight is 288 g/mol. The van der Waals surface area contributed by atoms with Crippen LogP contribution in [0.3, 0.4) is 0 Å². The van der Waals surface area contributed by atoms with Gasteiger partial charge in [-0.25, -0.2) is 0 Å². The Bertz CT molecular complexity index is 304. The molecule has 3 N–H and O–H groups in total. The van der Waals surface area contributed by atoms with Crippen LogP contribution in [-0.2, 0) is 16.1 Å².